The molecule has 0 fully saturated rings. The zero-order chi connectivity index (χ0) is 24.8. The number of nitrogens with one attached hydrogen (secondary N) is 1. The van der Waals surface area contributed by atoms with Crippen molar-refractivity contribution < 1.29 is 18.0 Å². The normalized spacial score (nSPS) is 12.5. The van der Waals surface area contributed by atoms with Crippen LogP contribution in [0, 0.1) is 6.92 Å². The third-order valence-corrected chi connectivity index (χ3v) is 7.72. The Balaban J connectivity index is 2.33. The number of sulfonamides is 1. The molecule has 2 amide bonds. The first-order chi connectivity index (χ1) is 15.5. The standard InChI is InChI=1S/C23H29Cl2N3O4S/c1-5-21(23(30)26-6-2)28(14-17-9-12-19(24)20(25)13-17)22(29)15-27(4)33(31,32)18-10-7-16(3)8-11-18/h7-13,21H,5-6,14-15H2,1-4H3,(H,26,30)/t21-/m1/s1. The molecule has 1 N–H and O–H groups in total. The number of hydrogen-bond donors (Lipinski definition) is 1. The second-order valence-electron chi connectivity index (χ2n) is 7.66. The van der Waals surface area contributed by atoms with E-state index in [1.54, 1.807) is 44.2 Å². The highest BCUT2D eigenvalue weighted by molar-refractivity contribution is 7.89. The van der Waals surface area contributed by atoms with E-state index in [0.29, 0.717) is 28.6 Å². The van der Waals surface area contributed by atoms with Crippen LogP contribution in [0.1, 0.15) is 31.4 Å². The van der Waals surface area contributed by atoms with E-state index in [1.807, 2.05) is 6.92 Å². The first-order valence-electron chi connectivity index (χ1n) is 10.5. The van der Waals surface area contributed by atoms with Gasteiger partial charge in [0.2, 0.25) is 21.8 Å². The minimum Gasteiger partial charge on any atom is -0.355 e. The van der Waals surface area contributed by atoms with E-state index >= 15 is 0 Å². The lowest BCUT2D eigenvalue weighted by Crippen LogP contribution is -2.51. The predicted molar refractivity (Wildman–Crippen MR) is 131 cm³/mol. The van der Waals surface area contributed by atoms with Crippen molar-refractivity contribution in [3.8, 4) is 0 Å². The van der Waals surface area contributed by atoms with E-state index in [-0.39, 0.29) is 17.3 Å². The Morgan fingerprint density at radius 2 is 1.67 bits per heavy atom. The Morgan fingerprint density at radius 1 is 1.03 bits per heavy atom. The van der Waals surface area contributed by atoms with Crippen LogP contribution >= 0.6 is 23.2 Å². The highest BCUT2D eigenvalue weighted by atomic mass is 35.5. The third-order valence-electron chi connectivity index (χ3n) is 5.16. The van der Waals surface area contributed by atoms with E-state index in [1.165, 1.54) is 24.1 Å². The third kappa shape index (κ3) is 6.93. The molecular formula is C23H29Cl2N3O4S. The first-order valence-corrected chi connectivity index (χ1v) is 12.7. The molecule has 0 aromatic heterocycles. The molecular weight excluding hydrogens is 485 g/mol. The Bertz CT molecular complexity index is 1090. The van der Waals surface area contributed by atoms with Crippen molar-refractivity contribution in [2.75, 3.05) is 20.1 Å². The number of nitrogens with zero attached hydrogens (tertiary/aromatic N) is 2. The summed E-state index contributed by atoms with van der Waals surface area (Å²) in [6.07, 6.45) is 0.354. The minimum absolute atomic E-state index is 0.0732. The van der Waals surface area contributed by atoms with Gasteiger partial charge in [0.25, 0.3) is 0 Å². The molecule has 0 aliphatic carbocycles. The van der Waals surface area contributed by atoms with Crippen molar-refractivity contribution in [1.29, 1.82) is 0 Å². The van der Waals surface area contributed by atoms with E-state index in [4.69, 9.17) is 23.2 Å². The molecule has 0 bridgehead atoms. The summed E-state index contributed by atoms with van der Waals surface area (Å²) in [4.78, 5) is 27.5. The fourth-order valence-electron chi connectivity index (χ4n) is 3.30. The molecule has 0 aliphatic heterocycles. The number of likely N-dealkylation sites (N-methyl/N-ethyl adjacent to an activating group) is 2. The fourth-order valence-corrected chi connectivity index (χ4v) is 4.74. The Morgan fingerprint density at radius 3 is 2.21 bits per heavy atom. The summed E-state index contributed by atoms with van der Waals surface area (Å²) in [7, 11) is -2.54. The molecule has 7 nitrogen and oxygen atoms in total. The monoisotopic (exact) mass is 513 g/mol. The molecule has 2 aromatic rings. The summed E-state index contributed by atoms with van der Waals surface area (Å²) in [6, 6.07) is 10.6. The van der Waals surface area contributed by atoms with Gasteiger partial charge >= 0.3 is 0 Å². The Kier molecular flexibility index (Phi) is 9.72. The van der Waals surface area contributed by atoms with E-state index in [9.17, 15) is 18.0 Å². The van der Waals surface area contributed by atoms with Gasteiger partial charge in [0.1, 0.15) is 6.04 Å². The average molecular weight is 514 g/mol. The number of carbonyl (C=O) groups excluding carboxylic acids is 2. The van der Waals surface area contributed by atoms with Crippen molar-refractivity contribution in [3.63, 3.8) is 0 Å². The highest BCUT2D eigenvalue weighted by Gasteiger charge is 2.31. The largest absolute Gasteiger partial charge is 0.355 e. The summed E-state index contributed by atoms with van der Waals surface area (Å²) in [5.74, 6) is -0.810. The summed E-state index contributed by atoms with van der Waals surface area (Å²) in [5, 5.41) is 3.44. The van der Waals surface area contributed by atoms with Crippen LogP contribution in [-0.4, -0.2) is 55.6 Å². The topological polar surface area (TPSA) is 86.8 Å². The molecule has 0 unspecified atom stereocenters. The predicted octanol–water partition coefficient (Wildman–Crippen LogP) is 3.87. The van der Waals surface area contributed by atoms with Crippen LogP contribution in [0.25, 0.3) is 0 Å². The number of halogens is 2. The number of rotatable bonds is 10. The lowest BCUT2D eigenvalue weighted by atomic mass is 10.1. The molecule has 0 saturated carbocycles. The maximum atomic E-state index is 13.3. The molecule has 0 saturated heterocycles. The van der Waals surface area contributed by atoms with Gasteiger partial charge in [-0.15, -0.1) is 0 Å². The summed E-state index contributed by atoms with van der Waals surface area (Å²) in [5.41, 5.74) is 1.60. The minimum atomic E-state index is -3.89. The van der Waals surface area contributed by atoms with Gasteiger partial charge in [-0.25, -0.2) is 8.42 Å². The van der Waals surface area contributed by atoms with Gasteiger partial charge in [-0.1, -0.05) is 53.9 Å². The van der Waals surface area contributed by atoms with Crippen LogP contribution in [0.4, 0.5) is 0 Å². The van der Waals surface area contributed by atoms with Gasteiger partial charge in [-0.3, -0.25) is 9.59 Å². The molecule has 2 rings (SSSR count). The SMILES string of the molecule is CCNC(=O)[C@@H](CC)N(Cc1ccc(Cl)c(Cl)c1)C(=O)CN(C)S(=O)(=O)c1ccc(C)cc1. The number of aryl methyl sites for hydroxylation is 1. The van der Waals surface area contributed by atoms with Crippen molar-refractivity contribution in [2.45, 2.75) is 44.7 Å². The molecule has 0 aliphatic rings. The summed E-state index contributed by atoms with van der Waals surface area (Å²) in [6.45, 7) is 5.50. The van der Waals surface area contributed by atoms with E-state index < -0.39 is 28.5 Å². The molecule has 33 heavy (non-hydrogen) atoms. The van der Waals surface area contributed by atoms with Gasteiger partial charge in [0.15, 0.2) is 0 Å². The van der Waals surface area contributed by atoms with Crippen molar-refractivity contribution in [3.05, 3.63) is 63.6 Å². The van der Waals surface area contributed by atoms with Gasteiger partial charge in [0.05, 0.1) is 21.5 Å². The van der Waals surface area contributed by atoms with Crippen LogP contribution in [0.15, 0.2) is 47.4 Å². The van der Waals surface area contributed by atoms with Gasteiger partial charge in [0, 0.05) is 20.1 Å². The molecule has 0 heterocycles. The maximum Gasteiger partial charge on any atom is 0.243 e. The van der Waals surface area contributed by atoms with E-state index in [0.717, 1.165) is 9.87 Å². The lowest BCUT2D eigenvalue weighted by molar-refractivity contribution is -0.141. The highest BCUT2D eigenvalue weighted by Crippen LogP contribution is 2.24. The second kappa shape index (κ2) is 11.8. The zero-order valence-electron chi connectivity index (χ0n) is 19.1. The number of amides is 2. The smallest absolute Gasteiger partial charge is 0.243 e. The van der Waals surface area contributed by atoms with Crippen molar-refractivity contribution in [1.82, 2.24) is 14.5 Å². The molecule has 180 valence electrons. The van der Waals surface area contributed by atoms with Crippen LogP contribution in [0.3, 0.4) is 0 Å². The van der Waals surface area contributed by atoms with Crippen LogP contribution in [0.5, 0.6) is 0 Å². The molecule has 10 heteroatoms. The number of carbonyl (C=O) groups is 2. The fraction of sp³-hybridized carbons (Fsp3) is 0.391. The Hall–Kier alpha value is -2.13. The van der Waals surface area contributed by atoms with Gasteiger partial charge < -0.3 is 10.2 Å². The molecule has 0 spiro atoms. The molecule has 0 radical (unpaired) electrons. The van der Waals surface area contributed by atoms with Crippen LogP contribution < -0.4 is 5.32 Å². The maximum absolute atomic E-state index is 13.3. The molecule has 1 atom stereocenters. The van der Waals surface area contributed by atoms with E-state index in [2.05, 4.69) is 5.32 Å². The van der Waals surface area contributed by atoms with Crippen LogP contribution in [0.2, 0.25) is 10.0 Å². The second-order valence-corrected chi connectivity index (χ2v) is 10.5. The van der Waals surface area contributed by atoms with Gasteiger partial charge in [-0.05, 0) is 50.1 Å². The molecule has 2 aromatic carbocycles. The first kappa shape index (κ1) is 27.1. The summed E-state index contributed by atoms with van der Waals surface area (Å²) >= 11 is 12.1. The number of hydrogen-bond acceptors (Lipinski definition) is 4. The Labute approximate surface area is 205 Å². The van der Waals surface area contributed by atoms with Crippen molar-refractivity contribution in [2.24, 2.45) is 0 Å². The van der Waals surface area contributed by atoms with Gasteiger partial charge in [-0.2, -0.15) is 4.31 Å². The lowest BCUT2D eigenvalue weighted by Gasteiger charge is -2.32. The number of benzene rings is 2. The van der Waals surface area contributed by atoms with Crippen LogP contribution in [-0.2, 0) is 26.2 Å². The average Bonchev–Trinajstić information content (AvgIpc) is 2.76. The quantitative estimate of drug-likeness (QED) is 0.522. The summed E-state index contributed by atoms with van der Waals surface area (Å²) < 4.78 is 26.9. The zero-order valence-corrected chi connectivity index (χ0v) is 21.5. The van der Waals surface area contributed by atoms with Crippen molar-refractivity contribution >= 4 is 45.0 Å².